The summed E-state index contributed by atoms with van der Waals surface area (Å²) in [4.78, 5) is 2.10. The second-order valence-electron chi connectivity index (χ2n) is 4.01. The summed E-state index contributed by atoms with van der Waals surface area (Å²) in [6.07, 6.45) is 0. The van der Waals surface area contributed by atoms with E-state index < -0.39 is 6.67 Å². The Morgan fingerprint density at radius 2 is 1.67 bits per heavy atom. The maximum absolute atomic E-state index is 13.1. The van der Waals surface area contributed by atoms with Gasteiger partial charge in [-0.2, -0.15) is 0 Å². The average molecular weight is 299 g/mol. The summed E-state index contributed by atoms with van der Waals surface area (Å²) in [6.45, 7) is 3.03. The van der Waals surface area contributed by atoms with Crippen molar-refractivity contribution >= 4 is 24.8 Å². The normalized spacial score (nSPS) is 17.4. The van der Waals surface area contributed by atoms with Crippen molar-refractivity contribution < 1.29 is 8.78 Å². The van der Waals surface area contributed by atoms with Crippen LogP contribution < -0.4 is 5.32 Å². The molecule has 0 unspecified atom stereocenters. The first-order valence-corrected chi connectivity index (χ1v) is 5.57. The summed E-state index contributed by atoms with van der Waals surface area (Å²) >= 11 is 0. The van der Waals surface area contributed by atoms with Gasteiger partial charge in [0, 0.05) is 26.2 Å². The molecule has 1 aromatic rings. The molecule has 1 aromatic carbocycles. The first-order valence-electron chi connectivity index (χ1n) is 5.57. The van der Waals surface area contributed by atoms with Gasteiger partial charge >= 0.3 is 0 Å². The van der Waals surface area contributed by atoms with Crippen molar-refractivity contribution in [2.75, 3.05) is 32.9 Å². The summed E-state index contributed by atoms with van der Waals surface area (Å²) in [7, 11) is 0. The van der Waals surface area contributed by atoms with E-state index in [1.54, 1.807) is 12.1 Å². The molecule has 1 fully saturated rings. The molecule has 1 atom stereocenters. The Kier molecular flexibility index (Phi) is 8.44. The van der Waals surface area contributed by atoms with Crippen molar-refractivity contribution in [2.45, 2.75) is 6.04 Å². The van der Waals surface area contributed by atoms with Crippen LogP contribution in [0.1, 0.15) is 11.6 Å². The van der Waals surface area contributed by atoms with Gasteiger partial charge in [0.15, 0.2) is 0 Å². The SMILES string of the molecule is Cl.Cl.FC[C@@H](c1ccc(F)cc1)N1CCNCC1. The van der Waals surface area contributed by atoms with E-state index in [4.69, 9.17) is 0 Å². The Labute approximate surface area is 119 Å². The lowest BCUT2D eigenvalue weighted by molar-refractivity contribution is 0.147. The summed E-state index contributed by atoms with van der Waals surface area (Å²) in [5.74, 6) is -0.276. The predicted octanol–water partition coefficient (Wildman–Crippen LogP) is 2.59. The lowest BCUT2D eigenvalue weighted by atomic mass is 10.1. The number of benzene rings is 1. The highest BCUT2D eigenvalue weighted by molar-refractivity contribution is 5.85. The predicted molar refractivity (Wildman–Crippen MR) is 74.1 cm³/mol. The average Bonchev–Trinajstić information content (AvgIpc) is 2.34. The van der Waals surface area contributed by atoms with Crippen molar-refractivity contribution in [1.82, 2.24) is 10.2 Å². The van der Waals surface area contributed by atoms with Crippen molar-refractivity contribution in [1.29, 1.82) is 0 Å². The van der Waals surface area contributed by atoms with Gasteiger partial charge in [0.25, 0.3) is 0 Å². The number of alkyl halides is 1. The van der Waals surface area contributed by atoms with Gasteiger partial charge < -0.3 is 5.32 Å². The molecular formula is C12H18Cl2F2N2. The Hall–Kier alpha value is -0.420. The quantitative estimate of drug-likeness (QED) is 0.923. The molecule has 0 amide bonds. The molecule has 18 heavy (non-hydrogen) atoms. The summed E-state index contributed by atoms with van der Waals surface area (Å²) in [5, 5.41) is 3.23. The number of hydrogen-bond acceptors (Lipinski definition) is 2. The first kappa shape index (κ1) is 17.6. The molecule has 0 saturated carbocycles. The number of hydrogen-bond donors (Lipinski definition) is 1. The van der Waals surface area contributed by atoms with Crippen LogP contribution in [0.25, 0.3) is 0 Å². The highest BCUT2D eigenvalue weighted by Crippen LogP contribution is 2.21. The van der Waals surface area contributed by atoms with Crippen molar-refractivity contribution in [3.05, 3.63) is 35.6 Å². The molecule has 2 nitrogen and oxygen atoms in total. The maximum Gasteiger partial charge on any atom is 0.123 e. The number of halogens is 4. The highest BCUT2D eigenvalue weighted by Gasteiger charge is 2.21. The minimum atomic E-state index is -0.425. The Morgan fingerprint density at radius 1 is 1.11 bits per heavy atom. The van der Waals surface area contributed by atoms with E-state index in [1.807, 2.05) is 0 Å². The van der Waals surface area contributed by atoms with Gasteiger partial charge in [-0.25, -0.2) is 8.78 Å². The smallest absolute Gasteiger partial charge is 0.123 e. The second-order valence-corrected chi connectivity index (χ2v) is 4.01. The van der Waals surface area contributed by atoms with Crippen LogP contribution in [0.5, 0.6) is 0 Å². The van der Waals surface area contributed by atoms with Crippen LogP contribution in [0.4, 0.5) is 8.78 Å². The van der Waals surface area contributed by atoms with E-state index in [0.29, 0.717) is 0 Å². The van der Waals surface area contributed by atoms with E-state index in [0.717, 1.165) is 31.7 Å². The molecule has 0 aromatic heterocycles. The molecule has 2 rings (SSSR count). The van der Waals surface area contributed by atoms with Crippen LogP contribution in [-0.2, 0) is 0 Å². The molecule has 1 saturated heterocycles. The van der Waals surface area contributed by atoms with Gasteiger partial charge in [0.2, 0.25) is 0 Å². The van der Waals surface area contributed by atoms with Crippen molar-refractivity contribution in [3.8, 4) is 0 Å². The second kappa shape index (κ2) is 8.64. The third kappa shape index (κ3) is 4.35. The van der Waals surface area contributed by atoms with Crippen LogP contribution in [0.3, 0.4) is 0 Å². The molecule has 6 heteroatoms. The topological polar surface area (TPSA) is 15.3 Å². The van der Waals surface area contributed by atoms with Gasteiger partial charge in [0.1, 0.15) is 12.5 Å². The van der Waals surface area contributed by atoms with Crippen LogP contribution >= 0.6 is 24.8 Å². The van der Waals surface area contributed by atoms with E-state index in [9.17, 15) is 8.78 Å². The van der Waals surface area contributed by atoms with E-state index in [1.165, 1.54) is 12.1 Å². The molecule has 1 N–H and O–H groups in total. The van der Waals surface area contributed by atoms with Crippen molar-refractivity contribution in [2.24, 2.45) is 0 Å². The maximum atomic E-state index is 13.1. The molecular weight excluding hydrogens is 281 g/mol. The van der Waals surface area contributed by atoms with Gasteiger partial charge in [-0.1, -0.05) is 12.1 Å². The Bertz CT molecular complexity index is 329. The molecule has 0 radical (unpaired) electrons. The molecule has 1 aliphatic rings. The first-order chi connectivity index (χ1) is 7.81. The lowest BCUT2D eigenvalue weighted by Gasteiger charge is -2.33. The van der Waals surface area contributed by atoms with Gasteiger partial charge in [0.05, 0.1) is 6.04 Å². The summed E-state index contributed by atoms with van der Waals surface area (Å²) in [6, 6.07) is 5.88. The number of rotatable bonds is 3. The lowest BCUT2D eigenvalue weighted by Crippen LogP contribution is -2.45. The third-order valence-electron chi connectivity index (χ3n) is 2.99. The fourth-order valence-corrected chi connectivity index (χ4v) is 2.08. The molecule has 0 spiro atoms. The van der Waals surface area contributed by atoms with Gasteiger partial charge in [-0.3, -0.25) is 4.90 Å². The molecule has 0 aliphatic carbocycles. The van der Waals surface area contributed by atoms with Gasteiger partial charge in [-0.15, -0.1) is 24.8 Å². The summed E-state index contributed by atoms with van der Waals surface area (Å²) in [5.41, 5.74) is 0.853. The largest absolute Gasteiger partial charge is 0.314 e. The zero-order valence-electron chi connectivity index (χ0n) is 9.94. The number of nitrogens with one attached hydrogen (secondary N) is 1. The molecule has 0 bridgehead atoms. The molecule has 1 aliphatic heterocycles. The zero-order chi connectivity index (χ0) is 11.4. The van der Waals surface area contributed by atoms with Crippen LogP contribution in [-0.4, -0.2) is 37.8 Å². The minimum Gasteiger partial charge on any atom is -0.314 e. The fraction of sp³-hybridized carbons (Fsp3) is 0.500. The Morgan fingerprint density at radius 3 is 2.17 bits per heavy atom. The van der Waals surface area contributed by atoms with Gasteiger partial charge in [-0.05, 0) is 17.7 Å². The van der Waals surface area contributed by atoms with Crippen LogP contribution in [0, 0.1) is 5.82 Å². The standard InChI is InChI=1S/C12H16F2N2.2ClH/c13-9-12(16-7-5-15-6-8-16)10-1-3-11(14)4-2-10;;/h1-4,12,15H,5-9H2;2*1H/t12-;;/m0../s1. The fourth-order valence-electron chi connectivity index (χ4n) is 2.08. The van der Waals surface area contributed by atoms with Crippen molar-refractivity contribution in [3.63, 3.8) is 0 Å². The minimum absolute atomic E-state index is 0. The zero-order valence-corrected chi connectivity index (χ0v) is 11.6. The monoisotopic (exact) mass is 298 g/mol. The molecule has 1 heterocycles. The van der Waals surface area contributed by atoms with E-state index in [2.05, 4.69) is 10.2 Å². The highest BCUT2D eigenvalue weighted by atomic mass is 35.5. The Balaban J connectivity index is 0.00000144. The van der Waals surface area contributed by atoms with E-state index >= 15 is 0 Å². The summed E-state index contributed by atoms with van der Waals surface area (Å²) < 4.78 is 25.9. The van der Waals surface area contributed by atoms with Crippen LogP contribution in [0.15, 0.2) is 24.3 Å². The van der Waals surface area contributed by atoms with Crippen LogP contribution in [0.2, 0.25) is 0 Å². The third-order valence-corrected chi connectivity index (χ3v) is 2.99. The molecule has 104 valence electrons. The number of nitrogens with zero attached hydrogens (tertiary/aromatic N) is 1. The van der Waals surface area contributed by atoms with E-state index in [-0.39, 0.29) is 36.7 Å². The number of piperazine rings is 1.